The van der Waals surface area contributed by atoms with Crippen LogP contribution in [-0.2, 0) is 22.6 Å². The van der Waals surface area contributed by atoms with Crippen molar-refractivity contribution in [1.82, 2.24) is 4.90 Å². The first-order valence-corrected chi connectivity index (χ1v) is 7.75. The maximum absolute atomic E-state index is 12.7. The molecular weight excluding hydrogens is 288 g/mol. The Morgan fingerprint density at radius 2 is 1.70 bits per heavy atom. The fraction of sp³-hybridized carbons (Fsp3) is 0.263. The first-order valence-electron chi connectivity index (χ1n) is 7.75. The summed E-state index contributed by atoms with van der Waals surface area (Å²) in [5.41, 5.74) is 3.35. The summed E-state index contributed by atoms with van der Waals surface area (Å²) in [6.45, 7) is 4.36. The van der Waals surface area contributed by atoms with Crippen LogP contribution in [0.25, 0.3) is 0 Å². The molecule has 0 bridgehead atoms. The molecule has 118 valence electrons. The van der Waals surface area contributed by atoms with Gasteiger partial charge in [-0.05, 0) is 25.0 Å². The van der Waals surface area contributed by atoms with Crippen LogP contribution in [0.1, 0.15) is 23.6 Å². The highest BCUT2D eigenvalue weighted by Crippen LogP contribution is 2.17. The van der Waals surface area contributed by atoms with Gasteiger partial charge in [-0.1, -0.05) is 65.3 Å². The van der Waals surface area contributed by atoms with Crippen LogP contribution in [0.4, 0.5) is 0 Å². The van der Waals surface area contributed by atoms with E-state index in [-0.39, 0.29) is 5.91 Å². The highest BCUT2D eigenvalue weighted by atomic mass is 16.6. The van der Waals surface area contributed by atoms with Crippen molar-refractivity contribution in [2.45, 2.75) is 32.9 Å². The fourth-order valence-corrected chi connectivity index (χ4v) is 2.59. The van der Waals surface area contributed by atoms with E-state index < -0.39 is 6.10 Å². The van der Waals surface area contributed by atoms with E-state index in [2.05, 4.69) is 5.16 Å². The minimum absolute atomic E-state index is 0.0399. The Morgan fingerprint density at radius 1 is 1.00 bits per heavy atom. The Kier molecular flexibility index (Phi) is 4.42. The number of amidine groups is 1. The lowest BCUT2D eigenvalue weighted by Crippen LogP contribution is -2.46. The quantitative estimate of drug-likeness (QED) is 0.869. The van der Waals surface area contributed by atoms with Crippen molar-refractivity contribution < 1.29 is 9.63 Å². The predicted octanol–water partition coefficient (Wildman–Crippen LogP) is 3.30. The molecule has 4 heteroatoms. The normalized spacial score (nSPS) is 17.7. The lowest BCUT2D eigenvalue weighted by atomic mass is 10.1. The third-order valence-electron chi connectivity index (χ3n) is 3.97. The van der Waals surface area contributed by atoms with Crippen LogP contribution in [0, 0.1) is 6.92 Å². The number of hydrogen-bond donors (Lipinski definition) is 0. The summed E-state index contributed by atoms with van der Waals surface area (Å²) in [5, 5.41) is 4.07. The van der Waals surface area contributed by atoms with Gasteiger partial charge in [-0.25, -0.2) is 0 Å². The van der Waals surface area contributed by atoms with Gasteiger partial charge >= 0.3 is 0 Å². The fourth-order valence-electron chi connectivity index (χ4n) is 2.59. The summed E-state index contributed by atoms with van der Waals surface area (Å²) >= 11 is 0. The Labute approximate surface area is 136 Å². The van der Waals surface area contributed by atoms with Crippen molar-refractivity contribution in [1.29, 1.82) is 0 Å². The van der Waals surface area contributed by atoms with Gasteiger partial charge in [0.25, 0.3) is 5.91 Å². The molecule has 23 heavy (non-hydrogen) atoms. The highest BCUT2D eigenvalue weighted by molar-refractivity contribution is 6.00. The van der Waals surface area contributed by atoms with Gasteiger partial charge in [0.2, 0.25) is 6.10 Å². The average molecular weight is 308 g/mol. The summed E-state index contributed by atoms with van der Waals surface area (Å²) in [6.07, 6.45) is -0.0348. The van der Waals surface area contributed by atoms with Crippen molar-refractivity contribution in [2.75, 3.05) is 0 Å². The molecule has 0 N–H and O–H groups in total. The van der Waals surface area contributed by atoms with E-state index in [1.807, 2.05) is 61.5 Å². The SMILES string of the molecule is CC1=NOC(Cc2ccccc2)C(=O)N1Cc1ccc(C)cc1. The standard InChI is InChI=1S/C19H20N2O2/c1-14-8-10-17(11-9-14)13-21-15(2)20-23-18(19(21)22)12-16-6-4-3-5-7-16/h3-11,18H,12-13H2,1-2H3. The summed E-state index contributed by atoms with van der Waals surface area (Å²) in [7, 11) is 0. The molecule has 1 amide bonds. The van der Waals surface area contributed by atoms with Gasteiger partial charge in [0.15, 0.2) is 0 Å². The van der Waals surface area contributed by atoms with E-state index in [1.54, 1.807) is 11.8 Å². The minimum atomic E-state index is -0.563. The zero-order valence-electron chi connectivity index (χ0n) is 13.4. The number of carbonyl (C=O) groups excluding carboxylic acids is 1. The molecule has 2 aromatic carbocycles. The van der Waals surface area contributed by atoms with E-state index in [9.17, 15) is 4.79 Å². The summed E-state index contributed by atoms with van der Waals surface area (Å²) in [6, 6.07) is 18.0. The molecule has 0 aliphatic carbocycles. The lowest BCUT2D eigenvalue weighted by Gasteiger charge is -2.30. The molecule has 1 aliphatic rings. The number of nitrogens with zero attached hydrogens (tertiary/aromatic N) is 2. The van der Waals surface area contributed by atoms with Gasteiger partial charge in [0, 0.05) is 6.42 Å². The second kappa shape index (κ2) is 6.65. The summed E-state index contributed by atoms with van der Waals surface area (Å²) < 4.78 is 0. The maximum Gasteiger partial charge on any atom is 0.272 e. The largest absolute Gasteiger partial charge is 0.381 e. The molecule has 1 unspecified atom stereocenters. The van der Waals surface area contributed by atoms with E-state index in [0.717, 1.165) is 11.1 Å². The lowest BCUT2D eigenvalue weighted by molar-refractivity contribution is -0.143. The molecule has 0 saturated carbocycles. The van der Waals surface area contributed by atoms with Crippen LogP contribution in [0.2, 0.25) is 0 Å². The second-order valence-corrected chi connectivity index (χ2v) is 5.83. The number of aryl methyl sites for hydroxylation is 1. The third-order valence-corrected chi connectivity index (χ3v) is 3.97. The van der Waals surface area contributed by atoms with Gasteiger partial charge in [0.05, 0.1) is 6.54 Å². The highest BCUT2D eigenvalue weighted by Gasteiger charge is 2.32. The van der Waals surface area contributed by atoms with Gasteiger partial charge < -0.3 is 4.84 Å². The molecule has 3 rings (SSSR count). The Balaban J connectivity index is 1.74. The topological polar surface area (TPSA) is 41.9 Å². The molecule has 2 aromatic rings. The molecule has 0 radical (unpaired) electrons. The van der Waals surface area contributed by atoms with Gasteiger partial charge in [-0.15, -0.1) is 0 Å². The molecule has 1 heterocycles. The van der Waals surface area contributed by atoms with Gasteiger partial charge in [-0.2, -0.15) is 0 Å². The number of benzene rings is 2. The number of rotatable bonds is 4. The van der Waals surface area contributed by atoms with Crippen LogP contribution in [-0.4, -0.2) is 22.7 Å². The average Bonchev–Trinajstić information content (AvgIpc) is 2.57. The van der Waals surface area contributed by atoms with E-state index in [4.69, 9.17) is 4.84 Å². The summed E-state index contributed by atoms with van der Waals surface area (Å²) in [5.74, 6) is 0.557. The first kappa shape index (κ1) is 15.3. The summed E-state index contributed by atoms with van der Waals surface area (Å²) in [4.78, 5) is 19.8. The Bertz CT molecular complexity index is 708. The molecule has 0 spiro atoms. The van der Waals surface area contributed by atoms with Crippen molar-refractivity contribution in [3.63, 3.8) is 0 Å². The van der Waals surface area contributed by atoms with E-state index in [1.165, 1.54) is 5.56 Å². The zero-order valence-corrected chi connectivity index (χ0v) is 13.4. The third kappa shape index (κ3) is 3.59. The second-order valence-electron chi connectivity index (χ2n) is 5.83. The van der Waals surface area contributed by atoms with Crippen LogP contribution in [0.15, 0.2) is 59.8 Å². The number of amides is 1. The monoisotopic (exact) mass is 308 g/mol. The molecule has 0 fully saturated rings. The molecule has 0 saturated heterocycles. The van der Waals surface area contributed by atoms with Crippen LogP contribution in [0.5, 0.6) is 0 Å². The molecule has 4 nitrogen and oxygen atoms in total. The van der Waals surface area contributed by atoms with Crippen molar-refractivity contribution >= 4 is 11.7 Å². The van der Waals surface area contributed by atoms with Crippen molar-refractivity contribution in [2.24, 2.45) is 5.16 Å². The predicted molar refractivity (Wildman–Crippen MR) is 89.9 cm³/mol. The van der Waals surface area contributed by atoms with E-state index in [0.29, 0.717) is 18.8 Å². The first-order chi connectivity index (χ1) is 11.1. The Hall–Kier alpha value is -2.62. The maximum atomic E-state index is 12.7. The van der Waals surface area contributed by atoms with E-state index >= 15 is 0 Å². The minimum Gasteiger partial charge on any atom is -0.381 e. The smallest absolute Gasteiger partial charge is 0.272 e. The van der Waals surface area contributed by atoms with Crippen LogP contribution < -0.4 is 0 Å². The zero-order chi connectivity index (χ0) is 16.2. The van der Waals surface area contributed by atoms with Crippen LogP contribution in [0.3, 0.4) is 0 Å². The molecule has 1 atom stereocenters. The Morgan fingerprint density at radius 3 is 2.39 bits per heavy atom. The van der Waals surface area contributed by atoms with Gasteiger partial charge in [-0.3, -0.25) is 9.69 Å². The van der Waals surface area contributed by atoms with Crippen molar-refractivity contribution in [3.8, 4) is 0 Å². The molecule has 0 aromatic heterocycles. The molecule has 1 aliphatic heterocycles. The van der Waals surface area contributed by atoms with Gasteiger partial charge in [0.1, 0.15) is 5.84 Å². The van der Waals surface area contributed by atoms with Crippen molar-refractivity contribution in [3.05, 3.63) is 71.3 Å². The molecular formula is C19H20N2O2. The number of hydrogen-bond acceptors (Lipinski definition) is 3. The number of carbonyl (C=O) groups is 1. The number of oxime groups is 1. The van der Waals surface area contributed by atoms with Crippen LogP contribution >= 0.6 is 0 Å².